The Bertz CT molecular complexity index is 2060. The van der Waals surface area contributed by atoms with Crippen LogP contribution in [0.5, 0.6) is 0 Å². The lowest BCUT2D eigenvalue weighted by Gasteiger charge is -2.11. The van der Waals surface area contributed by atoms with E-state index in [1.165, 1.54) is 23.7 Å². The van der Waals surface area contributed by atoms with E-state index in [0.717, 1.165) is 32.0 Å². The Kier molecular flexibility index (Phi) is 6.15. The molecule has 0 radical (unpaired) electrons. The van der Waals surface area contributed by atoms with Crippen LogP contribution in [0.25, 0.3) is 33.1 Å². The van der Waals surface area contributed by atoms with Gasteiger partial charge in [-0.05, 0) is 46.5 Å². The van der Waals surface area contributed by atoms with E-state index in [1.807, 2.05) is 73.7 Å². The number of nitrogens with zero attached hydrogens (tertiary/aromatic N) is 4. The maximum atomic E-state index is 13.7. The lowest BCUT2D eigenvalue weighted by molar-refractivity contribution is 0.0697. The third kappa shape index (κ3) is 4.19. The van der Waals surface area contributed by atoms with Gasteiger partial charge < -0.3 is 5.11 Å². The second kappa shape index (κ2) is 9.81. The van der Waals surface area contributed by atoms with E-state index in [9.17, 15) is 19.5 Å². The van der Waals surface area contributed by atoms with Crippen molar-refractivity contribution in [1.29, 1.82) is 0 Å². The zero-order valence-electron chi connectivity index (χ0n) is 22.0. The van der Waals surface area contributed by atoms with Crippen LogP contribution in [0.3, 0.4) is 0 Å². The fraction of sp³-hybridized carbons (Fsp3) is 0.125. The highest BCUT2D eigenvalue weighted by Crippen LogP contribution is 2.29. The Morgan fingerprint density at radius 3 is 2.35 bits per heavy atom. The molecule has 4 aromatic carbocycles. The lowest BCUT2D eigenvalue weighted by atomic mass is 10.0. The average Bonchev–Trinajstić information content (AvgIpc) is 3.34. The summed E-state index contributed by atoms with van der Waals surface area (Å²) in [5, 5.41) is 16.9. The summed E-state index contributed by atoms with van der Waals surface area (Å²) in [5.74, 6) is -1.07. The van der Waals surface area contributed by atoms with Crippen LogP contribution in [0.4, 0.5) is 0 Å². The number of hydrogen-bond acceptors (Lipinski definition) is 4. The molecule has 0 aliphatic rings. The quantitative estimate of drug-likeness (QED) is 0.333. The van der Waals surface area contributed by atoms with Crippen molar-refractivity contribution in [1.82, 2.24) is 18.9 Å². The first kappa shape index (κ1) is 25.1. The van der Waals surface area contributed by atoms with E-state index in [1.54, 1.807) is 16.8 Å². The van der Waals surface area contributed by atoms with E-state index >= 15 is 0 Å². The van der Waals surface area contributed by atoms with Crippen molar-refractivity contribution in [3.63, 3.8) is 0 Å². The second-order valence-corrected chi connectivity index (χ2v) is 9.89. The molecule has 2 heterocycles. The number of carbonyl (C=O) groups is 1. The van der Waals surface area contributed by atoms with E-state index in [-0.39, 0.29) is 23.1 Å². The molecule has 2 aromatic heterocycles. The van der Waals surface area contributed by atoms with E-state index in [2.05, 4.69) is 0 Å². The number of benzene rings is 4. The molecule has 0 atom stereocenters. The van der Waals surface area contributed by atoms with E-state index < -0.39 is 17.2 Å². The standard InChI is InChI=1S/C32H26N4O4/c1-20-9-3-4-11-24(20)18-35-29-27(30(37)34(2)32(35)40)28(22-13-8-14-23(17-22)31(38)39)36(33-29)19-25-15-7-12-21-10-5-6-16-26(21)25/h3-17H,18-19H2,1-2H3,(H,38,39). The van der Waals surface area contributed by atoms with Crippen LogP contribution in [0.1, 0.15) is 27.0 Å². The first-order valence-electron chi connectivity index (χ1n) is 12.9. The zero-order valence-corrected chi connectivity index (χ0v) is 22.0. The maximum Gasteiger partial charge on any atom is 0.335 e. The van der Waals surface area contributed by atoms with Crippen LogP contribution >= 0.6 is 0 Å². The van der Waals surface area contributed by atoms with Crippen molar-refractivity contribution in [3.8, 4) is 11.3 Å². The number of aromatic nitrogens is 4. The number of fused-ring (bicyclic) bond motifs is 2. The fourth-order valence-corrected chi connectivity index (χ4v) is 5.26. The van der Waals surface area contributed by atoms with Gasteiger partial charge in [-0.25, -0.2) is 9.59 Å². The highest BCUT2D eigenvalue weighted by molar-refractivity contribution is 5.94. The molecule has 0 bridgehead atoms. The summed E-state index contributed by atoms with van der Waals surface area (Å²) >= 11 is 0. The molecule has 40 heavy (non-hydrogen) atoms. The number of rotatable bonds is 6. The second-order valence-electron chi connectivity index (χ2n) is 9.89. The van der Waals surface area contributed by atoms with Gasteiger partial charge in [0.15, 0.2) is 5.65 Å². The van der Waals surface area contributed by atoms with E-state index in [0.29, 0.717) is 17.8 Å². The Morgan fingerprint density at radius 1 is 0.850 bits per heavy atom. The molecule has 0 unspecified atom stereocenters. The highest BCUT2D eigenvalue weighted by Gasteiger charge is 2.23. The van der Waals surface area contributed by atoms with Crippen molar-refractivity contribution in [2.45, 2.75) is 20.0 Å². The summed E-state index contributed by atoms with van der Waals surface area (Å²) in [6.45, 7) is 2.52. The largest absolute Gasteiger partial charge is 0.478 e. The molecule has 0 saturated heterocycles. The molecule has 0 amide bonds. The summed E-state index contributed by atoms with van der Waals surface area (Å²) in [7, 11) is 1.46. The van der Waals surface area contributed by atoms with Gasteiger partial charge in [0.25, 0.3) is 5.56 Å². The molecule has 8 nitrogen and oxygen atoms in total. The summed E-state index contributed by atoms with van der Waals surface area (Å²) in [4.78, 5) is 39.0. The smallest absolute Gasteiger partial charge is 0.335 e. The van der Waals surface area contributed by atoms with Crippen molar-refractivity contribution in [2.24, 2.45) is 7.05 Å². The average molecular weight is 531 g/mol. The van der Waals surface area contributed by atoms with Crippen molar-refractivity contribution in [2.75, 3.05) is 0 Å². The van der Waals surface area contributed by atoms with Crippen LogP contribution < -0.4 is 11.2 Å². The van der Waals surface area contributed by atoms with Crippen LogP contribution in [0, 0.1) is 6.92 Å². The lowest BCUT2D eigenvalue weighted by Crippen LogP contribution is -2.38. The number of aryl methyl sites for hydroxylation is 1. The van der Waals surface area contributed by atoms with Gasteiger partial charge in [-0.2, -0.15) is 5.10 Å². The molecule has 6 rings (SSSR count). The maximum absolute atomic E-state index is 13.7. The van der Waals surface area contributed by atoms with Gasteiger partial charge in [-0.1, -0.05) is 78.9 Å². The van der Waals surface area contributed by atoms with Gasteiger partial charge in [-0.3, -0.25) is 18.6 Å². The molecule has 0 aliphatic heterocycles. The number of carboxylic acids is 1. The van der Waals surface area contributed by atoms with Gasteiger partial charge in [0.1, 0.15) is 5.39 Å². The van der Waals surface area contributed by atoms with Crippen LogP contribution in [-0.4, -0.2) is 30.0 Å². The van der Waals surface area contributed by atoms with E-state index in [4.69, 9.17) is 5.10 Å². The third-order valence-corrected chi connectivity index (χ3v) is 7.40. The predicted molar refractivity (Wildman–Crippen MR) is 155 cm³/mol. The van der Waals surface area contributed by atoms with Crippen molar-refractivity contribution in [3.05, 3.63) is 134 Å². The molecule has 0 spiro atoms. The third-order valence-electron chi connectivity index (χ3n) is 7.40. The Balaban J connectivity index is 1.67. The van der Waals surface area contributed by atoms with Crippen LogP contribution in [0.15, 0.2) is 101 Å². The summed E-state index contributed by atoms with van der Waals surface area (Å²) in [6.07, 6.45) is 0. The summed E-state index contributed by atoms with van der Waals surface area (Å²) in [6, 6.07) is 28.2. The Hall–Kier alpha value is -5.24. The van der Waals surface area contributed by atoms with Gasteiger partial charge in [0.2, 0.25) is 0 Å². The molecular weight excluding hydrogens is 504 g/mol. The minimum absolute atomic E-state index is 0.0913. The summed E-state index contributed by atoms with van der Waals surface area (Å²) < 4.78 is 4.32. The monoisotopic (exact) mass is 530 g/mol. The molecule has 198 valence electrons. The SMILES string of the molecule is Cc1ccccc1Cn1c(=O)n(C)c(=O)c2c(-c3cccc(C(=O)O)c3)n(Cc3cccc4ccccc34)nc21. The first-order chi connectivity index (χ1) is 19.3. The highest BCUT2D eigenvalue weighted by atomic mass is 16.4. The molecular formula is C32H26N4O4. The normalized spacial score (nSPS) is 11.3. The van der Waals surface area contributed by atoms with Crippen LogP contribution in [0.2, 0.25) is 0 Å². The molecule has 0 aliphatic carbocycles. The van der Waals surface area contributed by atoms with Crippen molar-refractivity contribution < 1.29 is 9.90 Å². The molecule has 6 aromatic rings. The Labute approximate surface area is 229 Å². The van der Waals surface area contributed by atoms with Crippen LogP contribution in [-0.2, 0) is 20.1 Å². The molecule has 0 saturated carbocycles. The first-order valence-corrected chi connectivity index (χ1v) is 12.9. The minimum Gasteiger partial charge on any atom is -0.478 e. The number of aromatic carboxylic acids is 1. The van der Waals surface area contributed by atoms with Gasteiger partial charge in [-0.15, -0.1) is 0 Å². The number of hydrogen-bond donors (Lipinski definition) is 1. The topological polar surface area (TPSA) is 99.1 Å². The fourth-order valence-electron chi connectivity index (χ4n) is 5.26. The summed E-state index contributed by atoms with van der Waals surface area (Å²) in [5.41, 5.74) is 3.31. The van der Waals surface area contributed by atoms with Gasteiger partial charge >= 0.3 is 11.7 Å². The molecule has 8 heteroatoms. The predicted octanol–water partition coefficient (Wildman–Crippen LogP) is 4.82. The van der Waals surface area contributed by atoms with Gasteiger partial charge in [0.05, 0.1) is 24.3 Å². The zero-order chi connectivity index (χ0) is 28.0. The molecule has 0 fully saturated rings. The Morgan fingerprint density at radius 2 is 1.55 bits per heavy atom. The number of carboxylic acid groups (broad SMARTS) is 1. The van der Waals surface area contributed by atoms with Crippen molar-refractivity contribution >= 4 is 27.8 Å². The van der Waals surface area contributed by atoms with Gasteiger partial charge in [0, 0.05) is 12.6 Å². The minimum atomic E-state index is -1.07. The molecule has 1 N–H and O–H groups in total.